The highest BCUT2D eigenvalue weighted by Crippen LogP contribution is 1.78. The second kappa shape index (κ2) is 11.1. The fourth-order valence-corrected chi connectivity index (χ4v) is 0.666. The number of hydrogen-bond donors (Lipinski definition) is 2. The number of halogens is 2. The predicted octanol–water partition coefficient (Wildman–Crippen LogP) is -1.76. The molecule has 0 amide bonds. The van der Waals surface area contributed by atoms with E-state index >= 15 is 0 Å². The molecule has 1 rings (SSSR count). The molecule has 5 heteroatoms. The van der Waals surface area contributed by atoms with Gasteiger partial charge in [0.15, 0.2) is 16.1 Å². The van der Waals surface area contributed by atoms with Crippen molar-refractivity contribution in [2.45, 2.75) is 19.8 Å². The summed E-state index contributed by atoms with van der Waals surface area (Å²) in [4.78, 5) is 2.85. The summed E-state index contributed by atoms with van der Waals surface area (Å²) in [5.41, 5.74) is 0. The standard InChI is InChI=1S/C4H10O.C3H3BrN2.BrH/c1-2-3-4-5;4-6-2-1-5-3-6;/h5H,2-4H2,1H3;1-3H;1H. The maximum Gasteiger partial charge on any atom is 0.252 e. The molecular formula is C7H14Br2N2O. The number of aliphatic hydroxyl groups is 1. The minimum absolute atomic E-state index is 0. The van der Waals surface area contributed by atoms with E-state index in [0.29, 0.717) is 6.61 Å². The first kappa shape index (κ1) is 14.6. The Kier molecular flexibility index (Phi) is 13.6. The van der Waals surface area contributed by atoms with Crippen LogP contribution in [0.25, 0.3) is 0 Å². The number of imidazole rings is 1. The Morgan fingerprint density at radius 3 is 2.33 bits per heavy atom. The van der Waals surface area contributed by atoms with Gasteiger partial charge in [-0.15, -0.1) is 0 Å². The Bertz CT molecular complexity index is 154. The molecule has 0 saturated heterocycles. The molecule has 72 valence electrons. The SMILES string of the molecule is Br[n+]1cc[nH]c1.CCCCO.[Br-]. The van der Waals surface area contributed by atoms with E-state index in [0.717, 1.165) is 12.8 Å². The predicted molar refractivity (Wildman–Crippen MR) is 47.3 cm³/mol. The molecule has 12 heavy (non-hydrogen) atoms. The van der Waals surface area contributed by atoms with Crippen molar-refractivity contribution in [3.05, 3.63) is 18.7 Å². The first-order chi connectivity index (χ1) is 5.31. The molecule has 1 heterocycles. The van der Waals surface area contributed by atoms with Gasteiger partial charge in [-0.25, -0.2) is 4.98 Å². The van der Waals surface area contributed by atoms with Crippen molar-refractivity contribution >= 4 is 16.1 Å². The molecule has 0 radical (unpaired) electrons. The van der Waals surface area contributed by atoms with Gasteiger partial charge in [-0.3, -0.25) is 0 Å². The lowest BCUT2D eigenvalue weighted by Crippen LogP contribution is -3.00. The Morgan fingerprint density at radius 1 is 1.58 bits per heavy atom. The molecule has 2 N–H and O–H groups in total. The summed E-state index contributed by atoms with van der Waals surface area (Å²) in [5.74, 6) is 0. The molecule has 0 bridgehead atoms. The van der Waals surface area contributed by atoms with Crippen LogP contribution in [0.4, 0.5) is 0 Å². The summed E-state index contributed by atoms with van der Waals surface area (Å²) in [5, 5.41) is 8.07. The second-order valence-corrected chi connectivity index (χ2v) is 2.85. The van der Waals surface area contributed by atoms with Gasteiger partial charge in [0, 0.05) is 6.61 Å². The van der Waals surface area contributed by atoms with Crippen LogP contribution < -0.4 is 20.6 Å². The van der Waals surface area contributed by atoms with E-state index in [-0.39, 0.29) is 17.0 Å². The van der Waals surface area contributed by atoms with Gasteiger partial charge in [-0.05, 0) is 6.42 Å². The topological polar surface area (TPSA) is 39.9 Å². The number of hydrogen-bond acceptors (Lipinski definition) is 1. The number of nitrogens with zero attached hydrogens (tertiary/aromatic N) is 1. The van der Waals surface area contributed by atoms with Gasteiger partial charge in [0.05, 0.1) is 0 Å². The molecule has 0 saturated carbocycles. The summed E-state index contributed by atoms with van der Waals surface area (Å²) in [6.07, 6.45) is 7.52. The number of unbranched alkanes of at least 4 members (excludes halogenated alkanes) is 1. The molecule has 3 nitrogen and oxygen atoms in total. The highest BCUT2D eigenvalue weighted by atomic mass is 79.9. The third kappa shape index (κ3) is 10.1. The van der Waals surface area contributed by atoms with E-state index in [1.165, 1.54) is 0 Å². The Balaban J connectivity index is 0. The Labute approximate surface area is 91.9 Å². The van der Waals surface area contributed by atoms with Gasteiger partial charge in [0.1, 0.15) is 12.4 Å². The van der Waals surface area contributed by atoms with E-state index in [9.17, 15) is 0 Å². The van der Waals surface area contributed by atoms with Gasteiger partial charge in [-0.1, -0.05) is 13.3 Å². The summed E-state index contributed by atoms with van der Waals surface area (Å²) in [6.45, 7) is 2.40. The van der Waals surface area contributed by atoms with Gasteiger partial charge < -0.3 is 22.1 Å². The minimum Gasteiger partial charge on any atom is -1.00 e. The van der Waals surface area contributed by atoms with Crippen LogP contribution in [-0.4, -0.2) is 16.7 Å². The number of aliphatic hydroxyl groups excluding tert-OH is 1. The smallest absolute Gasteiger partial charge is 0.252 e. The Morgan fingerprint density at radius 2 is 2.25 bits per heavy atom. The molecule has 0 atom stereocenters. The van der Waals surface area contributed by atoms with Crippen LogP contribution in [0, 0.1) is 0 Å². The molecule has 0 aliphatic carbocycles. The number of nitrogens with one attached hydrogen (secondary N) is 1. The third-order valence-electron chi connectivity index (χ3n) is 1.02. The number of rotatable bonds is 2. The monoisotopic (exact) mass is 300 g/mol. The molecule has 0 unspecified atom stereocenters. The van der Waals surface area contributed by atoms with E-state index in [1.807, 2.05) is 12.4 Å². The molecular weight excluding hydrogens is 288 g/mol. The van der Waals surface area contributed by atoms with Gasteiger partial charge in [-0.2, -0.15) is 3.59 Å². The summed E-state index contributed by atoms with van der Waals surface area (Å²) < 4.78 is 1.76. The van der Waals surface area contributed by atoms with Crippen LogP contribution >= 0.6 is 16.1 Å². The van der Waals surface area contributed by atoms with Crippen molar-refractivity contribution in [1.82, 2.24) is 4.98 Å². The average Bonchev–Trinajstić information content (AvgIpc) is 2.43. The van der Waals surface area contributed by atoms with Crippen molar-refractivity contribution in [2.24, 2.45) is 0 Å². The van der Waals surface area contributed by atoms with Crippen LogP contribution in [0.5, 0.6) is 0 Å². The van der Waals surface area contributed by atoms with Crippen LogP contribution in [-0.2, 0) is 0 Å². The highest BCUT2D eigenvalue weighted by Gasteiger charge is 1.82. The molecule has 0 spiro atoms. The van der Waals surface area contributed by atoms with Crippen LogP contribution in [0.15, 0.2) is 18.7 Å². The lowest BCUT2D eigenvalue weighted by Gasteiger charge is -1.79. The molecule has 1 aromatic rings. The van der Waals surface area contributed by atoms with Crippen LogP contribution in [0.3, 0.4) is 0 Å². The normalized spacial score (nSPS) is 7.92. The zero-order chi connectivity index (χ0) is 8.53. The zero-order valence-electron chi connectivity index (χ0n) is 7.00. The van der Waals surface area contributed by atoms with E-state index in [4.69, 9.17) is 5.11 Å². The van der Waals surface area contributed by atoms with Gasteiger partial charge in [0.25, 0.3) is 6.33 Å². The lowest BCUT2D eigenvalue weighted by molar-refractivity contribution is -0.471. The summed E-state index contributed by atoms with van der Waals surface area (Å²) >= 11 is 3.17. The molecule has 0 aliphatic rings. The number of aromatic amines is 1. The van der Waals surface area contributed by atoms with Crippen LogP contribution in [0.1, 0.15) is 19.8 Å². The van der Waals surface area contributed by atoms with Crippen molar-refractivity contribution in [2.75, 3.05) is 6.61 Å². The number of aromatic nitrogens is 2. The largest absolute Gasteiger partial charge is 1.00 e. The first-order valence-corrected chi connectivity index (χ1v) is 4.33. The summed E-state index contributed by atoms with van der Waals surface area (Å²) in [6, 6.07) is 0. The zero-order valence-corrected chi connectivity index (χ0v) is 10.2. The fourth-order valence-electron chi connectivity index (χ4n) is 0.430. The highest BCUT2D eigenvalue weighted by molar-refractivity contribution is 9.04. The van der Waals surface area contributed by atoms with Gasteiger partial charge in [0.2, 0.25) is 0 Å². The molecule has 0 aromatic carbocycles. The lowest BCUT2D eigenvalue weighted by atomic mass is 10.4. The maximum atomic E-state index is 8.07. The van der Waals surface area contributed by atoms with Crippen LogP contribution in [0.2, 0.25) is 0 Å². The molecule has 0 fully saturated rings. The maximum absolute atomic E-state index is 8.07. The van der Waals surface area contributed by atoms with Crippen molar-refractivity contribution in [3.8, 4) is 0 Å². The van der Waals surface area contributed by atoms with E-state index in [2.05, 4.69) is 28.1 Å². The van der Waals surface area contributed by atoms with Crippen molar-refractivity contribution in [3.63, 3.8) is 0 Å². The average molecular weight is 302 g/mol. The Hall–Kier alpha value is 0.130. The second-order valence-electron chi connectivity index (χ2n) is 2.03. The van der Waals surface area contributed by atoms with E-state index in [1.54, 1.807) is 9.92 Å². The van der Waals surface area contributed by atoms with E-state index < -0.39 is 0 Å². The number of H-pyrrole nitrogens is 1. The summed E-state index contributed by atoms with van der Waals surface area (Å²) in [7, 11) is 0. The fraction of sp³-hybridized carbons (Fsp3) is 0.571. The first-order valence-electron chi connectivity index (χ1n) is 3.62. The van der Waals surface area contributed by atoms with Crippen molar-refractivity contribution in [1.29, 1.82) is 0 Å². The van der Waals surface area contributed by atoms with Crippen molar-refractivity contribution < 1.29 is 25.7 Å². The minimum atomic E-state index is 0. The third-order valence-corrected chi connectivity index (χ3v) is 1.46. The molecule has 1 aromatic heterocycles. The molecule has 0 aliphatic heterocycles. The quantitative estimate of drug-likeness (QED) is 0.668. The van der Waals surface area contributed by atoms with Gasteiger partial charge >= 0.3 is 0 Å².